The topological polar surface area (TPSA) is 63.4 Å². The van der Waals surface area contributed by atoms with Crippen LogP contribution in [0.25, 0.3) is 0 Å². The van der Waals surface area contributed by atoms with Crippen LogP contribution in [0.1, 0.15) is 65.2 Å². The smallest absolute Gasteiger partial charge is 0.236 e. The number of hydrogen-bond acceptors (Lipinski definition) is 3. The monoisotopic (exact) mass is 296 g/mol. The summed E-state index contributed by atoms with van der Waals surface area (Å²) in [5.41, 5.74) is 4.65. The lowest BCUT2D eigenvalue weighted by atomic mass is 9.82. The van der Waals surface area contributed by atoms with Crippen molar-refractivity contribution in [2.45, 2.75) is 70.8 Å². The molecule has 2 amide bonds. The Balaban J connectivity index is 2.39. The Bertz CT molecular complexity index is 437. The van der Waals surface area contributed by atoms with Crippen molar-refractivity contribution in [3.05, 3.63) is 0 Å². The van der Waals surface area contributed by atoms with Gasteiger partial charge in [0.25, 0.3) is 0 Å². The number of carbonyl (C=O) groups excluding carboxylic acids is 2. The number of amides is 2. The summed E-state index contributed by atoms with van der Waals surface area (Å²) < 4.78 is 0. The van der Waals surface area contributed by atoms with Crippen LogP contribution in [0.15, 0.2) is 0 Å². The number of nitrogens with two attached hydrogens (primary N) is 1. The van der Waals surface area contributed by atoms with Gasteiger partial charge >= 0.3 is 0 Å². The van der Waals surface area contributed by atoms with Crippen LogP contribution in [0.3, 0.4) is 0 Å². The number of carbonyl (C=O) groups is 2. The number of likely N-dealkylation sites (tertiary alicyclic amines) is 1. The zero-order valence-electron chi connectivity index (χ0n) is 12.4. The summed E-state index contributed by atoms with van der Waals surface area (Å²) in [7, 11) is 0. The molecule has 2 N–H and O–H groups in total. The van der Waals surface area contributed by atoms with Crippen molar-refractivity contribution in [2.24, 2.45) is 11.1 Å². The second kappa shape index (κ2) is 5.43. The molecule has 1 aliphatic carbocycles. The van der Waals surface area contributed by atoms with Gasteiger partial charge in [-0.25, -0.2) is 0 Å². The van der Waals surface area contributed by atoms with Crippen molar-refractivity contribution in [3.8, 4) is 0 Å². The number of imide groups is 1. The molecule has 0 radical (unpaired) electrons. The summed E-state index contributed by atoms with van der Waals surface area (Å²) in [6.07, 6.45) is 7.07. The zero-order valence-corrected chi connectivity index (χ0v) is 13.2. The Morgan fingerprint density at radius 1 is 1.10 bits per heavy atom. The summed E-state index contributed by atoms with van der Waals surface area (Å²) in [5.74, 6) is -0.232. The van der Waals surface area contributed by atoms with Crippen LogP contribution >= 0.6 is 12.2 Å². The molecule has 20 heavy (non-hydrogen) atoms. The normalized spacial score (nSPS) is 26.2. The van der Waals surface area contributed by atoms with E-state index in [0.717, 1.165) is 38.5 Å². The Hall–Kier alpha value is -0.970. The molecule has 1 heterocycles. The molecule has 0 aromatic rings. The summed E-state index contributed by atoms with van der Waals surface area (Å²) in [6.45, 7) is 3.65. The van der Waals surface area contributed by atoms with Crippen molar-refractivity contribution >= 4 is 29.0 Å². The molecule has 2 fully saturated rings. The van der Waals surface area contributed by atoms with E-state index in [1.54, 1.807) is 0 Å². The first-order valence-corrected chi connectivity index (χ1v) is 7.89. The second-order valence-electron chi connectivity index (χ2n) is 6.76. The van der Waals surface area contributed by atoms with Gasteiger partial charge in [0.1, 0.15) is 5.54 Å². The maximum atomic E-state index is 12.6. The third-order valence-corrected chi connectivity index (χ3v) is 5.07. The van der Waals surface area contributed by atoms with Crippen LogP contribution in [0.4, 0.5) is 0 Å². The van der Waals surface area contributed by atoms with E-state index in [4.69, 9.17) is 18.0 Å². The van der Waals surface area contributed by atoms with Gasteiger partial charge in [0.15, 0.2) is 0 Å². The van der Waals surface area contributed by atoms with E-state index in [2.05, 4.69) is 0 Å². The summed E-state index contributed by atoms with van der Waals surface area (Å²) in [5, 5.41) is 0. The molecule has 0 aromatic heterocycles. The molecule has 0 spiro atoms. The van der Waals surface area contributed by atoms with E-state index in [1.807, 2.05) is 13.8 Å². The molecule has 2 aliphatic rings. The quantitative estimate of drug-likeness (QED) is 0.628. The maximum absolute atomic E-state index is 12.6. The van der Waals surface area contributed by atoms with Crippen LogP contribution in [-0.2, 0) is 9.59 Å². The van der Waals surface area contributed by atoms with Gasteiger partial charge in [-0.15, -0.1) is 0 Å². The van der Waals surface area contributed by atoms with Gasteiger partial charge in [-0.05, 0) is 12.8 Å². The number of thiocarbonyl (C=S) groups is 1. The average molecular weight is 296 g/mol. The zero-order chi connectivity index (χ0) is 15.0. The van der Waals surface area contributed by atoms with E-state index >= 15 is 0 Å². The first-order chi connectivity index (χ1) is 9.31. The Morgan fingerprint density at radius 2 is 1.60 bits per heavy atom. The molecule has 5 heteroatoms. The first-order valence-electron chi connectivity index (χ1n) is 7.49. The highest BCUT2D eigenvalue weighted by molar-refractivity contribution is 7.80. The number of hydrogen-bond donors (Lipinski definition) is 1. The highest BCUT2D eigenvalue weighted by Crippen LogP contribution is 2.41. The van der Waals surface area contributed by atoms with Gasteiger partial charge in [-0.1, -0.05) is 58.2 Å². The standard InChI is InChI=1S/C15H24N2O2S/c1-14(2)10-11(18)17(13(14)19)15(12(16)20)8-6-4-3-5-7-9-15/h3-10H2,1-2H3,(H2,16,20). The minimum atomic E-state index is -0.725. The molecule has 1 saturated carbocycles. The minimum Gasteiger partial charge on any atom is -0.391 e. The predicted octanol–water partition coefficient (Wildman–Crippen LogP) is 2.54. The molecule has 1 aliphatic heterocycles. The fourth-order valence-corrected chi connectivity index (χ4v) is 3.75. The summed E-state index contributed by atoms with van der Waals surface area (Å²) in [6, 6.07) is 0. The highest BCUT2D eigenvalue weighted by Gasteiger charge is 2.54. The van der Waals surface area contributed by atoms with Gasteiger partial charge in [0.2, 0.25) is 11.8 Å². The van der Waals surface area contributed by atoms with E-state index in [0.29, 0.717) is 4.99 Å². The first kappa shape index (κ1) is 15.4. The number of rotatable bonds is 2. The second-order valence-corrected chi connectivity index (χ2v) is 7.20. The summed E-state index contributed by atoms with van der Waals surface area (Å²) in [4.78, 5) is 26.8. The van der Waals surface area contributed by atoms with Gasteiger partial charge in [0, 0.05) is 6.42 Å². The highest BCUT2D eigenvalue weighted by atomic mass is 32.1. The van der Waals surface area contributed by atoms with Crippen LogP contribution in [0.2, 0.25) is 0 Å². The SMILES string of the molecule is CC1(C)CC(=O)N(C2(C(N)=S)CCCCCCC2)C1=O. The molecular formula is C15H24N2O2S. The molecule has 0 bridgehead atoms. The molecule has 2 rings (SSSR count). The average Bonchev–Trinajstić information content (AvgIpc) is 2.50. The third kappa shape index (κ3) is 2.48. The molecule has 112 valence electrons. The largest absolute Gasteiger partial charge is 0.391 e. The van der Waals surface area contributed by atoms with Crippen molar-refractivity contribution in [1.82, 2.24) is 4.90 Å². The van der Waals surface area contributed by atoms with Gasteiger partial charge in [0.05, 0.1) is 10.4 Å². The maximum Gasteiger partial charge on any atom is 0.236 e. The van der Waals surface area contributed by atoms with E-state index < -0.39 is 11.0 Å². The molecule has 1 saturated heterocycles. The van der Waals surface area contributed by atoms with E-state index in [9.17, 15) is 9.59 Å². The Labute approximate surface area is 126 Å². The van der Waals surface area contributed by atoms with Crippen molar-refractivity contribution in [3.63, 3.8) is 0 Å². The minimum absolute atomic E-state index is 0.115. The van der Waals surface area contributed by atoms with Crippen molar-refractivity contribution in [2.75, 3.05) is 0 Å². The van der Waals surface area contributed by atoms with Crippen molar-refractivity contribution < 1.29 is 9.59 Å². The van der Waals surface area contributed by atoms with Crippen LogP contribution in [0, 0.1) is 5.41 Å². The van der Waals surface area contributed by atoms with E-state index in [-0.39, 0.29) is 18.2 Å². The van der Waals surface area contributed by atoms with Gasteiger partial charge in [-0.3, -0.25) is 14.5 Å². The van der Waals surface area contributed by atoms with Gasteiger partial charge < -0.3 is 5.73 Å². The lowest BCUT2D eigenvalue weighted by molar-refractivity contribution is -0.146. The molecular weight excluding hydrogens is 272 g/mol. The van der Waals surface area contributed by atoms with Crippen molar-refractivity contribution in [1.29, 1.82) is 0 Å². The third-order valence-electron chi connectivity index (χ3n) is 4.69. The predicted molar refractivity (Wildman–Crippen MR) is 82.1 cm³/mol. The van der Waals surface area contributed by atoms with Crippen LogP contribution in [-0.4, -0.2) is 27.2 Å². The van der Waals surface area contributed by atoms with E-state index in [1.165, 1.54) is 11.3 Å². The fourth-order valence-electron chi connectivity index (χ4n) is 3.45. The molecule has 4 nitrogen and oxygen atoms in total. The molecule has 0 atom stereocenters. The lowest BCUT2D eigenvalue weighted by Gasteiger charge is -2.41. The molecule has 0 unspecified atom stereocenters. The van der Waals surface area contributed by atoms with Crippen LogP contribution < -0.4 is 5.73 Å². The number of nitrogens with zero attached hydrogens (tertiary/aromatic N) is 1. The van der Waals surface area contributed by atoms with Crippen LogP contribution in [0.5, 0.6) is 0 Å². The Kier molecular flexibility index (Phi) is 4.19. The lowest BCUT2D eigenvalue weighted by Crippen LogP contribution is -2.59. The fraction of sp³-hybridized carbons (Fsp3) is 0.800. The Morgan fingerprint density at radius 3 is 2.00 bits per heavy atom. The molecule has 0 aromatic carbocycles. The summed E-state index contributed by atoms with van der Waals surface area (Å²) >= 11 is 5.28. The van der Waals surface area contributed by atoms with Gasteiger partial charge in [-0.2, -0.15) is 0 Å².